The lowest BCUT2D eigenvalue weighted by molar-refractivity contribution is 0.601. The number of hydrogen-bond acceptors (Lipinski definition) is 3. The van der Waals surface area contributed by atoms with Crippen LogP contribution < -0.4 is 5.73 Å². The normalized spacial score (nSPS) is 41.1. The predicted molar refractivity (Wildman–Crippen MR) is 36.3 cm³/mol. The number of alkyl halides is 1. The molecule has 5 heteroatoms. The lowest BCUT2D eigenvalue weighted by Gasteiger charge is -2.00. The van der Waals surface area contributed by atoms with E-state index in [-0.39, 0.29) is 22.9 Å². The first-order chi connectivity index (χ1) is 4.01. The summed E-state index contributed by atoms with van der Waals surface area (Å²) in [5, 5.41) is -0.380. The Hall–Kier alpha value is 0.200. The third-order valence-corrected chi connectivity index (χ3v) is 3.74. The fourth-order valence-electron chi connectivity index (χ4n) is 0.832. The van der Waals surface area contributed by atoms with Crippen molar-refractivity contribution in [2.75, 3.05) is 11.5 Å². The number of halogens is 1. The van der Waals surface area contributed by atoms with Gasteiger partial charge in [0.05, 0.1) is 16.9 Å². The monoisotopic (exact) mass is 169 g/mol. The molecule has 1 aliphatic heterocycles. The molecule has 1 heterocycles. The number of sulfone groups is 1. The third-order valence-electron chi connectivity index (χ3n) is 1.32. The van der Waals surface area contributed by atoms with Gasteiger partial charge in [-0.2, -0.15) is 0 Å². The van der Waals surface area contributed by atoms with E-state index in [9.17, 15) is 8.42 Å². The summed E-state index contributed by atoms with van der Waals surface area (Å²) in [4.78, 5) is 0. The van der Waals surface area contributed by atoms with Crippen LogP contribution in [0.3, 0.4) is 0 Å². The molecule has 1 saturated heterocycles. The molecule has 1 rings (SSSR count). The molecule has 0 aromatic heterocycles. The van der Waals surface area contributed by atoms with E-state index in [1.165, 1.54) is 0 Å². The second-order valence-corrected chi connectivity index (χ2v) is 4.97. The molecule has 0 radical (unpaired) electrons. The molecule has 0 spiro atoms. The van der Waals surface area contributed by atoms with E-state index >= 15 is 0 Å². The Morgan fingerprint density at radius 2 is 2.00 bits per heavy atom. The predicted octanol–water partition coefficient (Wildman–Crippen LogP) is -0.650. The second-order valence-electron chi connectivity index (χ2n) is 2.26. The molecule has 1 aliphatic rings. The highest BCUT2D eigenvalue weighted by atomic mass is 35.5. The summed E-state index contributed by atoms with van der Waals surface area (Å²) in [5.41, 5.74) is 5.34. The molecule has 0 amide bonds. The maximum Gasteiger partial charge on any atom is 0.153 e. The summed E-state index contributed by atoms with van der Waals surface area (Å²) in [6.45, 7) is 0. The fraction of sp³-hybridized carbons (Fsp3) is 1.00. The van der Waals surface area contributed by atoms with Crippen LogP contribution in [0.4, 0.5) is 0 Å². The summed E-state index contributed by atoms with van der Waals surface area (Å²) in [6.07, 6.45) is 0. The van der Waals surface area contributed by atoms with Gasteiger partial charge in [-0.1, -0.05) is 0 Å². The first kappa shape index (κ1) is 7.31. The van der Waals surface area contributed by atoms with Crippen molar-refractivity contribution >= 4 is 21.4 Å². The molecule has 0 aromatic rings. The molecular formula is C4H8ClNO2S. The number of nitrogens with two attached hydrogens (primary N) is 1. The van der Waals surface area contributed by atoms with Crippen molar-refractivity contribution in [3.05, 3.63) is 0 Å². The topological polar surface area (TPSA) is 60.2 Å². The van der Waals surface area contributed by atoms with E-state index < -0.39 is 9.84 Å². The van der Waals surface area contributed by atoms with Crippen LogP contribution in [-0.2, 0) is 9.84 Å². The van der Waals surface area contributed by atoms with E-state index in [2.05, 4.69) is 0 Å². The molecule has 9 heavy (non-hydrogen) atoms. The Balaban J connectivity index is 2.77. The van der Waals surface area contributed by atoms with Crippen LogP contribution in [0.2, 0.25) is 0 Å². The van der Waals surface area contributed by atoms with E-state index in [4.69, 9.17) is 17.3 Å². The zero-order valence-corrected chi connectivity index (χ0v) is 6.32. The van der Waals surface area contributed by atoms with Gasteiger partial charge in [0.25, 0.3) is 0 Å². The average molecular weight is 170 g/mol. The van der Waals surface area contributed by atoms with Crippen LogP contribution in [-0.4, -0.2) is 31.3 Å². The van der Waals surface area contributed by atoms with Crippen molar-refractivity contribution in [2.45, 2.75) is 11.4 Å². The van der Waals surface area contributed by atoms with Crippen molar-refractivity contribution in [2.24, 2.45) is 5.73 Å². The lowest BCUT2D eigenvalue weighted by Crippen LogP contribution is -2.28. The van der Waals surface area contributed by atoms with Gasteiger partial charge >= 0.3 is 0 Å². The van der Waals surface area contributed by atoms with Crippen molar-refractivity contribution in [3.8, 4) is 0 Å². The first-order valence-corrected chi connectivity index (χ1v) is 4.87. The number of rotatable bonds is 0. The van der Waals surface area contributed by atoms with Gasteiger partial charge in [0.2, 0.25) is 0 Å². The summed E-state index contributed by atoms with van der Waals surface area (Å²) >= 11 is 5.54. The van der Waals surface area contributed by atoms with Crippen molar-refractivity contribution in [1.29, 1.82) is 0 Å². The van der Waals surface area contributed by atoms with Gasteiger partial charge in [0, 0.05) is 6.04 Å². The van der Waals surface area contributed by atoms with Crippen LogP contribution in [0.1, 0.15) is 0 Å². The molecule has 54 valence electrons. The smallest absolute Gasteiger partial charge is 0.153 e. The van der Waals surface area contributed by atoms with Gasteiger partial charge in [-0.05, 0) is 0 Å². The van der Waals surface area contributed by atoms with E-state index in [1.54, 1.807) is 0 Å². The van der Waals surface area contributed by atoms with E-state index in [0.29, 0.717) is 0 Å². The molecule has 1 fully saturated rings. The SMILES string of the molecule is N[C@@H]1CS(=O)(=O)C[C@H]1Cl. The van der Waals surface area contributed by atoms with Crippen LogP contribution in [0.15, 0.2) is 0 Å². The summed E-state index contributed by atoms with van der Waals surface area (Å²) in [5.74, 6) is 0.0802. The standard InChI is InChI=1S/C4H8ClNO2S/c5-3-1-9(7,8)2-4(3)6/h3-4H,1-2,6H2/t3-,4-/m1/s1. The molecule has 0 bridgehead atoms. The highest BCUT2D eigenvalue weighted by Crippen LogP contribution is 2.15. The van der Waals surface area contributed by atoms with Gasteiger partial charge < -0.3 is 5.73 Å². The Morgan fingerprint density at radius 1 is 1.44 bits per heavy atom. The maximum atomic E-state index is 10.7. The quantitative estimate of drug-likeness (QED) is 0.491. The average Bonchev–Trinajstić information content (AvgIpc) is 1.79. The zero-order valence-electron chi connectivity index (χ0n) is 4.75. The molecule has 0 unspecified atom stereocenters. The minimum absolute atomic E-state index is 0.0374. The summed E-state index contributed by atoms with van der Waals surface area (Å²) < 4.78 is 21.4. The minimum Gasteiger partial charge on any atom is -0.326 e. The molecule has 2 N–H and O–H groups in total. The van der Waals surface area contributed by atoms with Crippen molar-refractivity contribution in [1.82, 2.24) is 0 Å². The molecule has 2 atom stereocenters. The van der Waals surface area contributed by atoms with Crippen LogP contribution in [0, 0.1) is 0 Å². The number of hydrogen-bond donors (Lipinski definition) is 1. The van der Waals surface area contributed by atoms with Gasteiger partial charge in [-0.15, -0.1) is 11.6 Å². The zero-order chi connectivity index (χ0) is 7.07. The van der Waals surface area contributed by atoms with Crippen molar-refractivity contribution in [3.63, 3.8) is 0 Å². The molecule has 0 aliphatic carbocycles. The van der Waals surface area contributed by atoms with Gasteiger partial charge in [-0.25, -0.2) is 8.42 Å². The van der Waals surface area contributed by atoms with E-state index in [0.717, 1.165) is 0 Å². The van der Waals surface area contributed by atoms with Gasteiger partial charge in [-0.3, -0.25) is 0 Å². The Labute approximate surface area is 59.1 Å². The highest BCUT2D eigenvalue weighted by molar-refractivity contribution is 7.91. The summed E-state index contributed by atoms with van der Waals surface area (Å²) in [7, 11) is -2.90. The van der Waals surface area contributed by atoms with Crippen LogP contribution in [0.5, 0.6) is 0 Å². The van der Waals surface area contributed by atoms with Crippen LogP contribution >= 0.6 is 11.6 Å². The largest absolute Gasteiger partial charge is 0.326 e. The minimum atomic E-state index is -2.90. The fourth-order valence-corrected chi connectivity index (χ4v) is 3.29. The third kappa shape index (κ3) is 1.56. The van der Waals surface area contributed by atoms with Crippen LogP contribution in [0.25, 0.3) is 0 Å². The summed E-state index contributed by atoms with van der Waals surface area (Å²) in [6, 6.07) is -0.364. The maximum absolute atomic E-state index is 10.7. The highest BCUT2D eigenvalue weighted by Gasteiger charge is 2.33. The van der Waals surface area contributed by atoms with Gasteiger partial charge in [0.15, 0.2) is 9.84 Å². The Bertz CT molecular complexity index is 185. The lowest BCUT2D eigenvalue weighted by atomic mass is 10.3. The van der Waals surface area contributed by atoms with Crippen molar-refractivity contribution < 1.29 is 8.42 Å². The molecule has 3 nitrogen and oxygen atoms in total. The molecular weight excluding hydrogens is 162 g/mol. The second kappa shape index (κ2) is 2.11. The molecule has 0 saturated carbocycles. The first-order valence-electron chi connectivity index (χ1n) is 2.61. The van der Waals surface area contributed by atoms with Gasteiger partial charge in [0.1, 0.15) is 0 Å². The molecule has 0 aromatic carbocycles. The Kier molecular flexibility index (Phi) is 1.71. The van der Waals surface area contributed by atoms with E-state index in [1.807, 2.05) is 0 Å². The Morgan fingerprint density at radius 3 is 2.11 bits per heavy atom.